The van der Waals surface area contributed by atoms with E-state index in [1.165, 1.54) is 0 Å². The molecule has 0 aromatic rings. The topological polar surface area (TPSA) is 41.8 Å². The van der Waals surface area contributed by atoms with Crippen molar-refractivity contribution >= 4 is 6.40 Å². The molecule has 0 radical (unpaired) electrons. The first-order valence-electron chi connectivity index (χ1n) is 1.69. The molecule has 3 heteroatoms. The lowest BCUT2D eigenvalue weighted by atomic mass is 10.9. The van der Waals surface area contributed by atoms with Gasteiger partial charge in [0.1, 0.15) is 0 Å². The van der Waals surface area contributed by atoms with Crippen molar-refractivity contribution < 1.29 is 9.94 Å². The lowest BCUT2D eigenvalue weighted by Crippen LogP contribution is -1.82. The maximum Gasteiger partial charge on any atom is 0.212 e. The molecular formula is C3H7NO2. The largest absolute Gasteiger partial charge is 0.481 e. The maximum atomic E-state index is 7.64. The molecule has 0 fully saturated rings. The van der Waals surface area contributed by atoms with Gasteiger partial charge in [0, 0.05) is 0 Å². The molecule has 6 heavy (non-hydrogen) atoms. The summed E-state index contributed by atoms with van der Waals surface area (Å²) < 4.78 is 4.44. The van der Waals surface area contributed by atoms with Crippen molar-refractivity contribution in [1.82, 2.24) is 0 Å². The van der Waals surface area contributed by atoms with Crippen LogP contribution in [0.25, 0.3) is 0 Å². The summed E-state index contributed by atoms with van der Waals surface area (Å²) in [5.74, 6) is 0. The second kappa shape index (κ2) is 4.27. The number of nitrogens with zero attached hydrogens (tertiary/aromatic N) is 1. The van der Waals surface area contributed by atoms with Gasteiger partial charge in [-0.25, -0.2) is 0 Å². The van der Waals surface area contributed by atoms with E-state index in [1.54, 1.807) is 0 Å². The summed E-state index contributed by atoms with van der Waals surface area (Å²) in [6, 6.07) is 0. The van der Waals surface area contributed by atoms with E-state index in [0.29, 0.717) is 6.61 Å². The predicted octanol–water partition coefficient (Wildman–Crippen LogP) is 0.440. The zero-order chi connectivity index (χ0) is 4.83. The van der Waals surface area contributed by atoms with E-state index in [9.17, 15) is 0 Å². The lowest BCUT2D eigenvalue weighted by molar-refractivity contribution is 0.277. The van der Waals surface area contributed by atoms with Crippen molar-refractivity contribution in [2.24, 2.45) is 5.16 Å². The van der Waals surface area contributed by atoms with Crippen LogP contribution in [-0.4, -0.2) is 18.2 Å². The molecule has 0 aromatic carbocycles. The smallest absolute Gasteiger partial charge is 0.212 e. The molecule has 0 aromatic heterocycles. The molecule has 0 spiro atoms. The van der Waals surface area contributed by atoms with Crippen molar-refractivity contribution in [1.29, 1.82) is 0 Å². The zero-order valence-electron chi connectivity index (χ0n) is 3.59. The maximum absolute atomic E-state index is 7.64. The molecule has 0 rings (SSSR count). The van der Waals surface area contributed by atoms with Crippen LogP contribution in [0, 0.1) is 0 Å². The fraction of sp³-hybridized carbons (Fsp3) is 0.667. The Morgan fingerprint density at radius 3 is 2.83 bits per heavy atom. The molecule has 0 atom stereocenters. The Bertz CT molecular complexity index is 44.1. The number of ether oxygens (including phenoxy) is 1. The Kier molecular flexibility index (Phi) is 3.75. The SMILES string of the molecule is CCO/C=N/O. The number of hydrogen-bond acceptors (Lipinski definition) is 3. The average molecular weight is 89.1 g/mol. The minimum Gasteiger partial charge on any atom is -0.481 e. The van der Waals surface area contributed by atoms with Crippen LogP contribution in [0.15, 0.2) is 5.16 Å². The highest BCUT2D eigenvalue weighted by Gasteiger charge is 1.62. The van der Waals surface area contributed by atoms with Gasteiger partial charge in [-0.1, -0.05) is 5.16 Å². The summed E-state index contributed by atoms with van der Waals surface area (Å²) in [5, 5.41) is 10.2. The van der Waals surface area contributed by atoms with E-state index in [2.05, 4.69) is 9.89 Å². The van der Waals surface area contributed by atoms with Gasteiger partial charge < -0.3 is 9.94 Å². The first kappa shape index (κ1) is 5.27. The summed E-state index contributed by atoms with van der Waals surface area (Å²) >= 11 is 0. The monoisotopic (exact) mass is 89.0 g/mol. The quantitative estimate of drug-likeness (QED) is 0.231. The van der Waals surface area contributed by atoms with E-state index >= 15 is 0 Å². The number of oxime groups is 1. The molecule has 0 bridgehead atoms. The highest BCUT2D eigenvalue weighted by atomic mass is 16.5. The average Bonchev–Trinajstić information content (AvgIpc) is 1.61. The highest BCUT2D eigenvalue weighted by Crippen LogP contribution is 1.60. The van der Waals surface area contributed by atoms with Gasteiger partial charge in [0.25, 0.3) is 0 Å². The van der Waals surface area contributed by atoms with Gasteiger partial charge in [-0.2, -0.15) is 0 Å². The molecule has 0 saturated heterocycles. The molecular weight excluding hydrogens is 82.0 g/mol. The normalized spacial score (nSPS) is 9.50. The Hall–Kier alpha value is -0.730. The third-order valence-electron chi connectivity index (χ3n) is 0.288. The third-order valence-corrected chi connectivity index (χ3v) is 0.288. The second-order valence-corrected chi connectivity index (χ2v) is 0.676. The highest BCUT2D eigenvalue weighted by molar-refractivity contribution is 5.44. The third kappa shape index (κ3) is 3.27. The van der Waals surface area contributed by atoms with Crippen LogP contribution in [-0.2, 0) is 4.74 Å². The van der Waals surface area contributed by atoms with Crippen LogP contribution in [0.3, 0.4) is 0 Å². The molecule has 0 aliphatic heterocycles. The summed E-state index contributed by atoms with van der Waals surface area (Å²) in [4.78, 5) is 0. The molecule has 0 unspecified atom stereocenters. The van der Waals surface area contributed by atoms with Crippen LogP contribution in [0.5, 0.6) is 0 Å². The zero-order valence-corrected chi connectivity index (χ0v) is 3.59. The number of hydrogen-bond donors (Lipinski definition) is 1. The first-order valence-corrected chi connectivity index (χ1v) is 1.69. The summed E-state index contributed by atoms with van der Waals surface area (Å²) in [7, 11) is 0. The molecule has 0 amide bonds. The van der Waals surface area contributed by atoms with E-state index in [4.69, 9.17) is 5.21 Å². The Morgan fingerprint density at radius 1 is 2.00 bits per heavy atom. The van der Waals surface area contributed by atoms with E-state index in [0.717, 1.165) is 6.40 Å². The minimum absolute atomic E-state index is 0.546. The summed E-state index contributed by atoms with van der Waals surface area (Å²) in [6.45, 7) is 2.35. The Labute approximate surface area is 36.2 Å². The summed E-state index contributed by atoms with van der Waals surface area (Å²) in [5.41, 5.74) is 0. The van der Waals surface area contributed by atoms with Gasteiger partial charge in [0.2, 0.25) is 6.40 Å². The van der Waals surface area contributed by atoms with Gasteiger partial charge in [-0.15, -0.1) is 0 Å². The van der Waals surface area contributed by atoms with Crippen molar-refractivity contribution in [3.8, 4) is 0 Å². The van der Waals surface area contributed by atoms with Crippen molar-refractivity contribution in [2.45, 2.75) is 6.92 Å². The van der Waals surface area contributed by atoms with Gasteiger partial charge in [-0.3, -0.25) is 0 Å². The summed E-state index contributed by atoms with van der Waals surface area (Å²) in [6.07, 6.45) is 0.986. The van der Waals surface area contributed by atoms with Crippen molar-refractivity contribution in [2.75, 3.05) is 6.61 Å². The number of rotatable bonds is 2. The van der Waals surface area contributed by atoms with Crippen molar-refractivity contribution in [3.63, 3.8) is 0 Å². The molecule has 0 heterocycles. The minimum atomic E-state index is 0.546. The van der Waals surface area contributed by atoms with Crippen LogP contribution in [0.1, 0.15) is 6.92 Å². The molecule has 0 aliphatic rings. The molecule has 36 valence electrons. The van der Waals surface area contributed by atoms with Gasteiger partial charge in [-0.05, 0) is 6.92 Å². The van der Waals surface area contributed by atoms with Crippen LogP contribution >= 0.6 is 0 Å². The van der Waals surface area contributed by atoms with Gasteiger partial charge in [0.05, 0.1) is 6.61 Å². The molecule has 3 nitrogen and oxygen atoms in total. The van der Waals surface area contributed by atoms with E-state index in [1.807, 2.05) is 6.92 Å². The standard InChI is InChI=1S/C3H7NO2/c1-2-6-3-4-5/h3,5H,2H2,1H3/b4-3+. The Balaban J connectivity index is 2.66. The van der Waals surface area contributed by atoms with Gasteiger partial charge in [0.15, 0.2) is 0 Å². The first-order chi connectivity index (χ1) is 2.91. The Morgan fingerprint density at radius 2 is 2.67 bits per heavy atom. The fourth-order valence-corrected chi connectivity index (χ4v) is 0.108. The van der Waals surface area contributed by atoms with Crippen LogP contribution < -0.4 is 0 Å². The molecule has 0 saturated carbocycles. The molecule has 0 aliphatic carbocycles. The van der Waals surface area contributed by atoms with Crippen LogP contribution in [0.4, 0.5) is 0 Å². The van der Waals surface area contributed by atoms with Crippen molar-refractivity contribution in [3.05, 3.63) is 0 Å². The fourth-order valence-electron chi connectivity index (χ4n) is 0.108. The predicted molar refractivity (Wildman–Crippen MR) is 21.9 cm³/mol. The van der Waals surface area contributed by atoms with E-state index in [-0.39, 0.29) is 0 Å². The van der Waals surface area contributed by atoms with Gasteiger partial charge >= 0.3 is 0 Å². The van der Waals surface area contributed by atoms with E-state index < -0.39 is 0 Å². The lowest BCUT2D eigenvalue weighted by Gasteiger charge is -1.84. The second-order valence-electron chi connectivity index (χ2n) is 0.676. The molecule has 1 N–H and O–H groups in total. The van der Waals surface area contributed by atoms with Crippen LogP contribution in [0.2, 0.25) is 0 Å².